The molecule has 2 aromatic rings. The molecular formula is C24H34N4OS. The highest BCUT2D eigenvalue weighted by molar-refractivity contribution is 7.84. The molecule has 0 amide bonds. The minimum absolute atomic E-state index is 0.410. The van der Waals surface area contributed by atoms with E-state index in [1.807, 2.05) is 30.3 Å². The van der Waals surface area contributed by atoms with Gasteiger partial charge in [-0.25, -0.2) is 0 Å². The maximum atomic E-state index is 12.3. The van der Waals surface area contributed by atoms with Gasteiger partial charge in [0.25, 0.3) is 0 Å². The number of nitrogens with one attached hydrogen (secondary N) is 2. The van der Waals surface area contributed by atoms with Crippen molar-refractivity contribution in [1.29, 1.82) is 0 Å². The number of guanidine groups is 1. The molecule has 0 aliphatic carbocycles. The summed E-state index contributed by atoms with van der Waals surface area (Å²) in [7, 11) is 0.918. The predicted molar refractivity (Wildman–Crippen MR) is 127 cm³/mol. The van der Waals surface area contributed by atoms with Crippen molar-refractivity contribution in [3.63, 3.8) is 0 Å². The second-order valence-electron chi connectivity index (χ2n) is 7.94. The van der Waals surface area contributed by atoms with E-state index in [9.17, 15) is 4.21 Å². The number of aliphatic imine (C=N–C) groups is 1. The lowest BCUT2D eigenvalue weighted by Gasteiger charge is -2.38. The minimum Gasteiger partial charge on any atom is -0.355 e. The van der Waals surface area contributed by atoms with Crippen LogP contribution in [0.15, 0.2) is 65.7 Å². The number of nitrogens with zero attached hydrogens (tertiary/aromatic N) is 2. The zero-order valence-electron chi connectivity index (χ0n) is 18.1. The summed E-state index contributed by atoms with van der Waals surface area (Å²) in [5.41, 5.74) is 2.49. The van der Waals surface area contributed by atoms with Gasteiger partial charge < -0.3 is 10.6 Å². The fourth-order valence-corrected chi connectivity index (χ4v) is 4.95. The van der Waals surface area contributed by atoms with Gasteiger partial charge in [0.1, 0.15) is 0 Å². The Morgan fingerprint density at radius 3 is 2.40 bits per heavy atom. The first-order valence-corrected chi connectivity index (χ1v) is 12.3. The average molecular weight is 427 g/mol. The van der Waals surface area contributed by atoms with Crippen molar-refractivity contribution < 1.29 is 4.21 Å². The molecule has 1 aliphatic heterocycles. The van der Waals surface area contributed by atoms with E-state index >= 15 is 0 Å². The SMILES string of the molecule is CN=C(NCCS(=O)Cc1ccccc1)NC1CCN(Cc2ccccc2)C(C)C1. The van der Waals surface area contributed by atoms with E-state index in [2.05, 4.69) is 57.8 Å². The molecule has 2 N–H and O–H groups in total. The van der Waals surface area contributed by atoms with Gasteiger partial charge in [-0.2, -0.15) is 0 Å². The molecule has 5 nitrogen and oxygen atoms in total. The van der Waals surface area contributed by atoms with Crippen molar-refractivity contribution in [3.8, 4) is 0 Å². The van der Waals surface area contributed by atoms with Crippen LogP contribution in [0.5, 0.6) is 0 Å². The third kappa shape index (κ3) is 7.26. The first kappa shape index (κ1) is 22.5. The van der Waals surface area contributed by atoms with Crippen LogP contribution < -0.4 is 10.6 Å². The smallest absolute Gasteiger partial charge is 0.191 e. The molecule has 30 heavy (non-hydrogen) atoms. The number of piperidine rings is 1. The minimum atomic E-state index is -0.878. The van der Waals surface area contributed by atoms with Crippen molar-refractivity contribution in [2.75, 3.05) is 25.9 Å². The summed E-state index contributed by atoms with van der Waals surface area (Å²) in [6.07, 6.45) is 2.19. The van der Waals surface area contributed by atoms with Crippen LogP contribution in [0, 0.1) is 0 Å². The van der Waals surface area contributed by atoms with Gasteiger partial charge in [-0.05, 0) is 30.9 Å². The summed E-state index contributed by atoms with van der Waals surface area (Å²) >= 11 is 0. The fourth-order valence-electron chi connectivity index (χ4n) is 3.91. The highest BCUT2D eigenvalue weighted by atomic mass is 32.2. The molecule has 0 bridgehead atoms. The second-order valence-corrected chi connectivity index (χ2v) is 9.52. The standard InChI is InChI=1S/C24H34N4OS/c1-20-17-23(13-15-28(20)18-21-9-5-3-6-10-21)27-24(25-2)26-14-16-30(29)19-22-11-7-4-8-12-22/h3-12,20,23H,13-19H2,1-2H3,(H2,25,26,27). The van der Waals surface area contributed by atoms with Gasteiger partial charge in [0.05, 0.1) is 0 Å². The maximum absolute atomic E-state index is 12.3. The van der Waals surface area contributed by atoms with E-state index in [0.29, 0.717) is 30.1 Å². The topological polar surface area (TPSA) is 56.7 Å². The van der Waals surface area contributed by atoms with Gasteiger partial charge in [-0.15, -0.1) is 0 Å². The van der Waals surface area contributed by atoms with Crippen LogP contribution in [0.3, 0.4) is 0 Å². The first-order valence-electron chi connectivity index (χ1n) is 10.8. The molecule has 2 aromatic carbocycles. The van der Waals surface area contributed by atoms with E-state index in [1.54, 1.807) is 7.05 Å². The molecule has 1 saturated heterocycles. The van der Waals surface area contributed by atoms with Gasteiger partial charge in [0, 0.05) is 61.1 Å². The van der Waals surface area contributed by atoms with Crippen molar-refractivity contribution in [2.24, 2.45) is 4.99 Å². The highest BCUT2D eigenvalue weighted by Crippen LogP contribution is 2.19. The van der Waals surface area contributed by atoms with Gasteiger partial charge in [-0.3, -0.25) is 14.1 Å². The molecule has 1 heterocycles. The third-order valence-corrected chi connectivity index (χ3v) is 6.91. The lowest BCUT2D eigenvalue weighted by molar-refractivity contribution is 0.134. The molecule has 1 fully saturated rings. The van der Waals surface area contributed by atoms with Crippen molar-refractivity contribution in [2.45, 2.75) is 44.1 Å². The highest BCUT2D eigenvalue weighted by Gasteiger charge is 2.25. The first-order chi connectivity index (χ1) is 14.6. The fraction of sp³-hybridized carbons (Fsp3) is 0.458. The molecule has 3 atom stereocenters. The molecule has 6 heteroatoms. The molecule has 0 radical (unpaired) electrons. The van der Waals surface area contributed by atoms with Gasteiger partial charge in [-0.1, -0.05) is 60.7 Å². The van der Waals surface area contributed by atoms with Crippen molar-refractivity contribution in [3.05, 3.63) is 71.8 Å². The molecule has 1 aliphatic rings. The Balaban J connectivity index is 1.38. The third-order valence-electron chi connectivity index (χ3n) is 5.60. The van der Waals surface area contributed by atoms with Crippen LogP contribution in [-0.2, 0) is 23.1 Å². The van der Waals surface area contributed by atoms with Gasteiger partial charge >= 0.3 is 0 Å². The van der Waals surface area contributed by atoms with E-state index in [-0.39, 0.29) is 0 Å². The van der Waals surface area contributed by atoms with E-state index in [4.69, 9.17) is 0 Å². The van der Waals surface area contributed by atoms with Crippen LogP contribution in [-0.4, -0.2) is 53.0 Å². The summed E-state index contributed by atoms with van der Waals surface area (Å²) in [4.78, 5) is 6.91. The van der Waals surface area contributed by atoms with Crippen LogP contribution in [0.4, 0.5) is 0 Å². The largest absolute Gasteiger partial charge is 0.355 e. The molecule has 3 unspecified atom stereocenters. The molecule has 0 aromatic heterocycles. The number of likely N-dealkylation sites (tertiary alicyclic amines) is 1. The molecule has 162 valence electrons. The van der Waals surface area contributed by atoms with Crippen molar-refractivity contribution in [1.82, 2.24) is 15.5 Å². The zero-order valence-corrected chi connectivity index (χ0v) is 18.9. The lowest BCUT2D eigenvalue weighted by atomic mass is 9.97. The van der Waals surface area contributed by atoms with Crippen LogP contribution in [0.1, 0.15) is 30.9 Å². The van der Waals surface area contributed by atoms with Gasteiger partial charge in [0.2, 0.25) is 0 Å². The number of benzene rings is 2. The maximum Gasteiger partial charge on any atom is 0.191 e. The Kier molecular flexibility index (Phi) is 8.90. The Hall–Kier alpha value is -2.18. The summed E-state index contributed by atoms with van der Waals surface area (Å²) in [5, 5.41) is 6.89. The quantitative estimate of drug-likeness (QED) is 0.503. The molecule has 0 spiro atoms. The van der Waals surface area contributed by atoms with Crippen molar-refractivity contribution >= 4 is 16.8 Å². The number of rotatable bonds is 8. The monoisotopic (exact) mass is 426 g/mol. The average Bonchev–Trinajstić information content (AvgIpc) is 2.76. The summed E-state index contributed by atoms with van der Waals surface area (Å²) in [6, 6.07) is 21.6. The van der Waals surface area contributed by atoms with E-state index in [1.165, 1.54) is 5.56 Å². The Labute approximate surface area is 183 Å². The van der Waals surface area contributed by atoms with Crippen LogP contribution in [0.2, 0.25) is 0 Å². The van der Waals surface area contributed by atoms with E-state index in [0.717, 1.165) is 37.5 Å². The zero-order chi connectivity index (χ0) is 21.2. The number of hydrogen-bond donors (Lipinski definition) is 2. The molecule has 3 rings (SSSR count). The molecular weight excluding hydrogens is 392 g/mol. The van der Waals surface area contributed by atoms with E-state index < -0.39 is 10.8 Å². The van der Waals surface area contributed by atoms with Gasteiger partial charge in [0.15, 0.2) is 5.96 Å². The van der Waals surface area contributed by atoms with Crippen LogP contribution >= 0.6 is 0 Å². The normalized spacial score (nSPS) is 21.2. The number of hydrogen-bond acceptors (Lipinski definition) is 3. The molecule has 0 saturated carbocycles. The van der Waals surface area contributed by atoms with Crippen LogP contribution in [0.25, 0.3) is 0 Å². The summed E-state index contributed by atoms with van der Waals surface area (Å²) in [6.45, 7) is 5.04. The summed E-state index contributed by atoms with van der Waals surface area (Å²) in [5.74, 6) is 2.02. The Bertz CT molecular complexity index is 812. The Morgan fingerprint density at radius 2 is 1.77 bits per heavy atom. The summed E-state index contributed by atoms with van der Waals surface area (Å²) < 4.78 is 12.3. The predicted octanol–water partition coefficient (Wildman–Crippen LogP) is 3.15. The lowest BCUT2D eigenvalue weighted by Crippen LogP contribution is -2.51. The second kappa shape index (κ2) is 11.9. The Morgan fingerprint density at radius 1 is 1.10 bits per heavy atom.